The van der Waals surface area contributed by atoms with Gasteiger partial charge in [-0.1, -0.05) is 26.0 Å². The van der Waals surface area contributed by atoms with Gasteiger partial charge in [-0.2, -0.15) is 0 Å². The lowest BCUT2D eigenvalue weighted by molar-refractivity contribution is -0.125. The van der Waals surface area contributed by atoms with E-state index >= 15 is 0 Å². The molecule has 1 fully saturated rings. The number of hydrogen-bond donors (Lipinski definition) is 2. The highest BCUT2D eigenvalue weighted by atomic mass is 32.1. The Morgan fingerprint density at radius 2 is 1.84 bits per heavy atom. The zero-order valence-electron chi connectivity index (χ0n) is 19.3. The van der Waals surface area contributed by atoms with Crippen LogP contribution in [0.5, 0.6) is 5.75 Å². The minimum absolute atomic E-state index is 0.0786. The molecule has 1 aliphatic carbocycles. The molecule has 3 rings (SSSR count). The topological polar surface area (TPSA) is 89.6 Å². The van der Waals surface area contributed by atoms with Crippen LogP contribution in [-0.4, -0.2) is 42.6 Å². The van der Waals surface area contributed by atoms with Crippen molar-refractivity contribution in [2.24, 2.45) is 0 Å². The Labute approximate surface area is 193 Å². The third-order valence-corrected chi connectivity index (χ3v) is 6.45. The summed E-state index contributed by atoms with van der Waals surface area (Å²) in [5.74, 6) is 0.989. The predicted octanol–water partition coefficient (Wildman–Crippen LogP) is 3.96. The third-order valence-electron chi connectivity index (χ3n) is 5.63. The van der Waals surface area contributed by atoms with Crippen molar-refractivity contribution in [1.29, 1.82) is 0 Å². The largest absolute Gasteiger partial charge is 0.486 e. The van der Waals surface area contributed by atoms with Gasteiger partial charge in [0.25, 0.3) is 5.91 Å². The molecule has 1 aromatic heterocycles. The minimum atomic E-state index is -0.155. The maximum atomic E-state index is 12.6. The van der Waals surface area contributed by atoms with Gasteiger partial charge >= 0.3 is 0 Å². The number of amides is 2. The van der Waals surface area contributed by atoms with E-state index < -0.39 is 0 Å². The summed E-state index contributed by atoms with van der Waals surface area (Å²) in [6.07, 6.45) is 3.33. The number of ether oxygens (including phenoxy) is 2. The van der Waals surface area contributed by atoms with E-state index in [1.54, 1.807) is 5.38 Å². The smallest absolute Gasteiger partial charge is 0.270 e. The highest BCUT2D eigenvalue weighted by molar-refractivity contribution is 7.09. The first-order chi connectivity index (χ1) is 15.4. The van der Waals surface area contributed by atoms with Crippen molar-refractivity contribution in [3.05, 3.63) is 45.4 Å². The molecule has 1 aromatic carbocycles. The second kappa shape index (κ2) is 11.4. The number of rotatable bonds is 9. The molecule has 0 saturated heterocycles. The van der Waals surface area contributed by atoms with Crippen LogP contribution in [0, 0.1) is 6.92 Å². The second-order valence-corrected chi connectivity index (χ2v) is 9.58. The van der Waals surface area contributed by atoms with Gasteiger partial charge in [-0.3, -0.25) is 9.59 Å². The molecule has 2 aromatic rings. The van der Waals surface area contributed by atoms with Crippen LogP contribution in [0.3, 0.4) is 0 Å². The number of aryl methyl sites for hydroxylation is 1. The fraction of sp³-hybridized carbons (Fsp3) is 0.542. The molecule has 0 radical (unpaired) electrons. The van der Waals surface area contributed by atoms with E-state index in [9.17, 15) is 9.59 Å². The molecule has 1 aliphatic rings. The average Bonchev–Trinajstić information content (AvgIpc) is 3.23. The van der Waals surface area contributed by atoms with Crippen molar-refractivity contribution in [3.63, 3.8) is 0 Å². The first-order valence-corrected chi connectivity index (χ1v) is 12.0. The zero-order valence-corrected chi connectivity index (χ0v) is 20.1. The molecular formula is C24H33N3O4S. The van der Waals surface area contributed by atoms with Crippen LogP contribution in [0.25, 0.3) is 0 Å². The summed E-state index contributed by atoms with van der Waals surface area (Å²) in [4.78, 5) is 28.8. The second-order valence-electron chi connectivity index (χ2n) is 8.63. The molecule has 174 valence electrons. The minimum Gasteiger partial charge on any atom is -0.486 e. The van der Waals surface area contributed by atoms with Gasteiger partial charge in [-0.25, -0.2) is 4.98 Å². The number of thiazole rings is 1. The number of benzene rings is 1. The number of hydrogen-bond acceptors (Lipinski definition) is 6. The van der Waals surface area contributed by atoms with E-state index in [2.05, 4.69) is 41.6 Å². The highest BCUT2D eigenvalue weighted by Crippen LogP contribution is 2.28. The molecule has 0 spiro atoms. The Hall–Kier alpha value is -2.45. The van der Waals surface area contributed by atoms with Gasteiger partial charge in [-0.05, 0) is 55.7 Å². The number of nitrogens with zero attached hydrogens (tertiary/aromatic N) is 1. The lowest BCUT2D eigenvalue weighted by atomic mass is 9.91. The van der Waals surface area contributed by atoms with Crippen molar-refractivity contribution in [2.75, 3.05) is 13.7 Å². The maximum Gasteiger partial charge on any atom is 0.270 e. The normalized spacial score (nSPS) is 18.4. The Morgan fingerprint density at radius 1 is 1.16 bits per heavy atom. The molecular weight excluding hydrogens is 426 g/mol. The van der Waals surface area contributed by atoms with Crippen molar-refractivity contribution in [1.82, 2.24) is 15.6 Å². The van der Waals surface area contributed by atoms with E-state index in [1.165, 1.54) is 24.0 Å². The molecule has 0 unspecified atom stereocenters. The molecule has 32 heavy (non-hydrogen) atoms. The summed E-state index contributed by atoms with van der Waals surface area (Å²) >= 11 is 1.43. The van der Waals surface area contributed by atoms with E-state index in [-0.39, 0.29) is 30.5 Å². The summed E-state index contributed by atoms with van der Waals surface area (Å²) in [6, 6.07) is 6.49. The van der Waals surface area contributed by atoms with Crippen LogP contribution in [0.4, 0.5) is 0 Å². The molecule has 0 aliphatic heterocycles. The van der Waals surface area contributed by atoms with Crippen LogP contribution in [-0.2, 0) is 16.1 Å². The zero-order chi connectivity index (χ0) is 23.1. The Balaban J connectivity index is 1.48. The first-order valence-electron chi connectivity index (χ1n) is 11.1. The number of carbonyl (C=O) groups is 2. The van der Waals surface area contributed by atoms with Crippen LogP contribution in [0.15, 0.2) is 23.6 Å². The van der Waals surface area contributed by atoms with Gasteiger partial charge in [0, 0.05) is 24.6 Å². The van der Waals surface area contributed by atoms with Crippen LogP contribution in [0.1, 0.15) is 72.1 Å². The third kappa shape index (κ3) is 6.77. The summed E-state index contributed by atoms with van der Waals surface area (Å²) in [6.45, 7) is 6.75. The van der Waals surface area contributed by atoms with Crippen molar-refractivity contribution >= 4 is 23.2 Å². The van der Waals surface area contributed by atoms with Gasteiger partial charge in [0.2, 0.25) is 5.91 Å². The lowest BCUT2D eigenvalue weighted by Gasteiger charge is -2.29. The fourth-order valence-corrected chi connectivity index (χ4v) is 4.59. The van der Waals surface area contributed by atoms with E-state index in [1.807, 2.05) is 13.0 Å². The Kier molecular flexibility index (Phi) is 8.64. The Morgan fingerprint density at radius 3 is 2.50 bits per heavy atom. The van der Waals surface area contributed by atoms with Gasteiger partial charge in [-0.15, -0.1) is 11.3 Å². The Bertz CT molecular complexity index is 920. The van der Waals surface area contributed by atoms with E-state index in [0.717, 1.165) is 42.0 Å². The molecule has 1 heterocycles. The van der Waals surface area contributed by atoms with Crippen molar-refractivity contribution in [2.45, 2.75) is 71.1 Å². The van der Waals surface area contributed by atoms with Crippen LogP contribution in [0.2, 0.25) is 0 Å². The maximum absolute atomic E-state index is 12.6. The molecule has 0 bridgehead atoms. The van der Waals surface area contributed by atoms with E-state index in [4.69, 9.17) is 9.47 Å². The van der Waals surface area contributed by atoms with Crippen LogP contribution < -0.4 is 15.4 Å². The molecule has 8 heteroatoms. The van der Waals surface area contributed by atoms with Gasteiger partial charge in [0.05, 0.1) is 0 Å². The first kappa shape index (κ1) is 24.2. The summed E-state index contributed by atoms with van der Waals surface area (Å²) < 4.78 is 10.9. The molecule has 1 saturated carbocycles. The summed E-state index contributed by atoms with van der Waals surface area (Å²) in [5, 5.41) is 8.61. The van der Waals surface area contributed by atoms with Gasteiger partial charge < -0.3 is 20.1 Å². The van der Waals surface area contributed by atoms with Crippen LogP contribution >= 0.6 is 11.3 Å². The summed E-state index contributed by atoms with van der Waals surface area (Å²) in [5.41, 5.74) is 2.74. The molecule has 0 atom stereocenters. The van der Waals surface area contributed by atoms with E-state index in [0.29, 0.717) is 18.2 Å². The summed E-state index contributed by atoms with van der Waals surface area (Å²) in [7, 11) is 1.51. The SMILES string of the molecule is COCC(=O)NC1CCC(NC(=O)c2csc(COc3cc(C)ccc3C(C)C)n2)CC1. The molecule has 7 nitrogen and oxygen atoms in total. The fourth-order valence-electron chi connectivity index (χ4n) is 3.91. The quantitative estimate of drug-likeness (QED) is 0.593. The standard InChI is InChI=1S/C24H33N3O4S/c1-15(2)19-10-5-16(3)11-21(19)31-13-23-27-20(14-32-23)24(29)26-18-8-6-17(7-9-18)25-22(28)12-30-4/h5,10-11,14-15,17-18H,6-9,12-13H2,1-4H3,(H,25,28)(H,26,29). The van der Waals surface area contributed by atoms with Crippen molar-refractivity contribution in [3.8, 4) is 5.75 Å². The number of carbonyl (C=O) groups excluding carboxylic acids is 2. The monoisotopic (exact) mass is 459 g/mol. The highest BCUT2D eigenvalue weighted by Gasteiger charge is 2.24. The predicted molar refractivity (Wildman–Crippen MR) is 125 cm³/mol. The molecule has 2 N–H and O–H groups in total. The number of methoxy groups -OCH3 is 1. The number of aromatic nitrogens is 1. The number of nitrogens with one attached hydrogen (secondary N) is 2. The van der Waals surface area contributed by atoms with Crippen molar-refractivity contribution < 1.29 is 19.1 Å². The van der Waals surface area contributed by atoms with Gasteiger partial charge in [0.1, 0.15) is 29.7 Å². The van der Waals surface area contributed by atoms with Gasteiger partial charge in [0.15, 0.2) is 0 Å². The lowest BCUT2D eigenvalue weighted by Crippen LogP contribution is -2.44. The molecule has 2 amide bonds. The average molecular weight is 460 g/mol.